The van der Waals surface area contributed by atoms with Gasteiger partial charge in [0, 0.05) is 25.6 Å². The van der Waals surface area contributed by atoms with Gasteiger partial charge in [0.25, 0.3) is 5.56 Å². The fraction of sp³-hybridized carbons (Fsp3) is 0.600. The summed E-state index contributed by atoms with van der Waals surface area (Å²) in [5.74, 6) is 0.745. The molecule has 0 N–H and O–H groups in total. The van der Waals surface area contributed by atoms with Crippen molar-refractivity contribution in [3.05, 3.63) is 27.4 Å². The quantitative estimate of drug-likeness (QED) is 0.724. The van der Waals surface area contributed by atoms with E-state index in [4.69, 9.17) is 11.6 Å². The molecule has 0 saturated heterocycles. The van der Waals surface area contributed by atoms with Crippen LogP contribution in [0.15, 0.2) is 10.9 Å². The molecule has 1 heterocycles. The largest absolute Gasteiger partial charge is 0.308 e. The standard InChI is InChI=1S/C10H16ClN3O/c1-4-9-12-8(11)7-10(15)14(9)6-5-13(2)3/h7H,4-6H2,1-3H3. The third-order valence-electron chi connectivity index (χ3n) is 2.14. The van der Waals surface area contributed by atoms with Gasteiger partial charge >= 0.3 is 0 Å². The maximum Gasteiger partial charge on any atom is 0.255 e. The van der Waals surface area contributed by atoms with Crippen molar-refractivity contribution in [3.63, 3.8) is 0 Å². The molecule has 1 aromatic heterocycles. The van der Waals surface area contributed by atoms with E-state index in [9.17, 15) is 4.79 Å². The van der Waals surface area contributed by atoms with Gasteiger partial charge in [-0.05, 0) is 14.1 Å². The molecule has 0 radical (unpaired) electrons. The maximum atomic E-state index is 11.7. The first-order valence-corrected chi connectivity index (χ1v) is 5.33. The van der Waals surface area contributed by atoms with Crippen molar-refractivity contribution in [1.82, 2.24) is 14.5 Å². The summed E-state index contributed by atoms with van der Waals surface area (Å²) in [5, 5.41) is 0.276. The molecule has 84 valence electrons. The Morgan fingerprint density at radius 1 is 1.53 bits per heavy atom. The van der Waals surface area contributed by atoms with Crippen LogP contribution in [0.3, 0.4) is 0 Å². The zero-order valence-electron chi connectivity index (χ0n) is 9.33. The van der Waals surface area contributed by atoms with Crippen LogP contribution in [0.4, 0.5) is 0 Å². The fourth-order valence-electron chi connectivity index (χ4n) is 1.33. The summed E-state index contributed by atoms with van der Waals surface area (Å²) < 4.78 is 1.67. The number of rotatable bonds is 4. The molecule has 15 heavy (non-hydrogen) atoms. The van der Waals surface area contributed by atoms with Crippen molar-refractivity contribution < 1.29 is 0 Å². The van der Waals surface area contributed by atoms with E-state index in [1.165, 1.54) is 6.07 Å². The van der Waals surface area contributed by atoms with Crippen molar-refractivity contribution >= 4 is 11.6 Å². The lowest BCUT2D eigenvalue weighted by molar-refractivity contribution is 0.376. The lowest BCUT2D eigenvalue weighted by atomic mass is 10.4. The van der Waals surface area contributed by atoms with Crippen LogP contribution in [0.2, 0.25) is 5.15 Å². The number of hydrogen-bond acceptors (Lipinski definition) is 3. The second-order valence-electron chi connectivity index (χ2n) is 3.64. The van der Waals surface area contributed by atoms with Gasteiger partial charge in [0.1, 0.15) is 11.0 Å². The second-order valence-corrected chi connectivity index (χ2v) is 4.03. The first-order valence-electron chi connectivity index (χ1n) is 4.95. The molecule has 4 nitrogen and oxygen atoms in total. The lowest BCUT2D eigenvalue weighted by Crippen LogP contribution is -2.29. The third-order valence-corrected chi connectivity index (χ3v) is 2.34. The smallest absolute Gasteiger partial charge is 0.255 e. The van der Waals surface area contributed by atoms with Gasteiger partial charge in [-0.2, -0.15) is 0 Å². The second kappa shape index (κ2) is 5.28. The molecule has 5 heteroatoms. The molecule has 0 aliphatic carbocycles. The monoisotopic (exact) mass is 229 g/mol. The van der Waals surface area contributed by atoms with E-state index >= 15 is 0 Å². The van der Waals surface area contributed by atoms with E-state index in [0.717, 1.165) is 12.4 Å². The predicted molar refractivity (Wildman–Crippen MR) is 61.4 cm³/mol. The summed E-state index contributed by atoms with van der Waals surface area (Å²) in [6.07, 6.45) is 0.712. The number of aromatic nitrogens is 2. The Bertz CT molecular complexity index is 387. The Kier molecular flexibility index (Phi) is 4.29. The molecule has 0 atom stereocenters. The maximum absolute atomic E-state index is 11.7. The number of likely N-dealkylation sites (N-methyl/N-ethyl adjacent to an activating group) is 1. The van der Waals surface area contributed by atoms with E-state index in [1.54, 1.807) is 4.57 Å². The zero-order chi connectivity index (χ0) is 11.4. The topological polar surface area (TPSA) is 38.1 Å². The van der Waals surface area contributed by atoms with E-state index in [0.29, 0.717) is 13.0 Å². The highest BCUT2D eigenvalue weighted by molar-refractivity contribution is 6.29. The highest BCUT2D eigenvalue weighted by Crippen LogP contribution is 2.02. The number of hydrogen-bond donors (Lipinski definition) is 0. The molecule has 0 aliphatic heterocycles. The molecular formula is C10H16ClN3O. The first kappa shape index (κ1) is 12.2. The summed E-state index contributed by atoms with van der Waals surface area (Å²) in [6.45, 7) is 3.43. The Morgan fingerprint density at radius 2 is 2.20 bits per heavy atom. The SMILES string of the molecule is CCc1nc(Cl)cc(=O)n1CCN(C)C. The highest BCUT2D eigenvalue weighted by Gasteiger charge is 2.05. The Labute approximate surface area is 94.5 Å². The van der Waals surface area contributed by atoms with E-state index in [2.05, 4.69) is 4.98 Å². The van der Waals surface area contributed by atoms with Crippen LogP contribution in [0.1, 0.15) is 12.7 Å². The Morgan fingerprint density at radius 3 is 2.73 bits per heavy atom. The predicted octanol–water partition coefficient (Wildman–Crippen LogP) is 1.02. The van der Waals surface area contributed by atoms with Crippen LogP contribution in [-0.2, 0) is 13.0 Å². The van der Waals surface area contributed by atoms with Crippen molar-refractivity contribution in [3.8, 4) is 0 Å². The summed E-state index contributed by atoms with van der Waals surface area (Å²) in [6, 6.07) is 1.36. The van der Waals surface area contributed by atoms with Gasteiger partial charge in [0.05, 0.1) is 0 Å². The van der Waals surface area contributed by atoms with Gasteiger partial charge in [0.15, 0.2) is 0 Å². The molecule has 0 aliphatic rings. The van der Waals surface area contributed by atoms with Gasteiger partial charge in [-0.1, -0.05) is 18.5 Å². The van der Waals surface area contributed by atoms with Crippen molar-refractivity contribution in [2.45, 2.75) is 19.9 Å². The van der Waals surface area contributed by atoms with Gasteiger partial charge in [-0.25, -0.2) is 4.98 Å². The van der Waals surface area contributed by atoms with Crippen LogP contribution in [0.25, 0.3) is 0 Å². The summed E-state index contributed by atoms with van der Waals surface area (Å²) in [7, 11) is 3.94. The lowest BCUT2D eigenvalue weighted by Gasteiger charge is -2.14. The summed E-state index contributed by atoms with van der Waals surface area (Å²) >= 11 is 5.73. The van der Waals surface area contributed by atoms with Gasteiger partial charge in [-0.3, -0.25) is 9.36 Å². The molecule has 0 aromatic carbocycles. The molecule has 0 saturated carbocycles. The minimum absolute atomic E-state index is 0.0753. The third kappa shape index (κ3) is 3.32. The first-order chi connectivity index (χ1) is 7.04. The Balaban J connectivity index is 2.99. The van der Waals surface area contributed by atoms with Gasteiger partial charge in [-0.15, -0.1) is 0 Å². The minimum atomic E-state index is -0.0753. The van der Waals surface area contributed by atoms with Crippen molar-refractivity contribution in [2.24, 2.45) is 0 Å². The fourth-order valence-corrected chi connectivity index (χ4v) is 1.52. The normalized spacial score (nSPS) is 11.0. The summed E-state index contributed by atoms with van der Waals surface area (Å²) in [4.78, 5) is 17.8. The summed E-state index contributed by atoms with van der Waals surface area (Å²) in [5.41, 5.74) is -0.0753. The number of nitrogens with zero attached hydrogens (tertiary/aromatic N) is 3. The van der Waals surface area contributed by atoms with Crippen LogP contribution < -0.4 is 5.56 Å². The van der Waals surface area contributed by atoms with E-state index in [1.807, 2.05) is 25.9 Å². The zero-order valence-corrected chi connectivity index (χ0v) is 10.1. The minimum Gasteiger partial charge on any atom is -0.308 e. The molecule has 0 spiro atoms. The van der Waals surface area contributed by atoms with Crippen LogP contribution in [0.5, 0.6) is 0 Å². The number of halogens is 1. The van der Waals surface area contributed by atoms with E-state index in [-0.39, 0.29) is 10.7 Å². The van der Waals surface area contributed by atoms with Gasteiger partial charge in [0.2, 0.25) is 0 Å². The van der Waals surface area contributed by atoms with Crippen molar-refractivity contribution in [1.29, 1.82) is 0 Å². The van der Waals surface area contributed by atoms with Crippen LogP contribution >= 0.6 is 11.6 Å². The molecule has 0 bridgehead atoms. The molecule has 0 fully saturated rings. The molecule has 0 unspecified atom stereocenters. The average Bonchev–Trinajstić information content (AvgIpc) is 2.14. The molecular weight excluding hydrogens is 214 g/mol. The highest BCUT2D eigenvalue weighted by atomic mass is 35.5. The van der Waals surface area contributed by atoms with Crippen LogP contribution in [-0.4, -0.2) is 35.1 Å². The van der Waals surface area contributed by atoms with Crippen LogP contribution in [0, 0.1) is 0 Å². The number of aryl methyl sites for hydroxylation is 1. The van der Waals surface area contributed by atoms with E-state index < -0.39 is 0 Å². The molecule has 1 aromatic rings. The Hall–Kier alpha value is -0.870. The average molecular weight is 230 g/mol. The molecule has 0 amide bonds. The molecule has 1 rings (SSSR count). The van der Waals surface area contributed by atoms with Crippen molar-refractivity contribution in [2.75, 3.05) is 20.6 Å². The van der Waals surface area contributed by atoms with Gasteiger partial charge < -0.3 is 4.90 Å².